The fraction of sp³-hybridized carbons (Fsp3) is 0.417. The molecule has 1 aromatic carbocycles. The van der Waals surface area contributed by atoms with Gasteiger partial charge < -0.3 is 9.84 Å². The second-order valence-corrected chi connectivity index (χ2v) is 3.96. The van der Waals surface area contributed by atoms with Crippen LogP contribution in [0.2, 0.25) is 0 Å². The van der Waals surface area contributed by atoms with Gasteiger partial charge in [0, 0.05) is 12.1 Å². The minimum atomic E-state index is -1.34. The van der Waals surface area contributed by atoms with Crippen molar-refractivity contribution in [2.45, 2.75) is 32.8 Å². The minimum Gasteiger partial charge on any atom is -0.491 e. The van der Waals surface area contributed by atoms with Gasteiger partial charge in [-0.15, -0.1) is 0 Å². The normalized spacial score (nSPS) is 11.9. The second kappa shape index (κ2) is 6.00. The average molecular weight is 253 g/mol. The molecule has 0 aliphatic heterocycles. The number of nitrogens with zero attached hydrogens (tertiary/aromatic N) is 1. The van der Waals surface area contributed by atoms with Gasteiger partial charge in [0.05, 0.1) is 11.0 Å². The number of nitro benzene ring substituents is 1. The molecule has 0 aliphatic carbocycles. The molecule has 0 spiro atoms. The van der Waals surface area contributed by atoms with E-state index in [1.807, 2.05) is 13.8 Å². The maximum Gasteiger partial charge on any atom is 0.342 e. The van der Waals surface area contributed by atoms with Crippen LogP contribution < -0.4 is 4.74 Å². The number of hydrogen-bond donors (Lipinski definition) is 1. The lowest BCUT2D eigenvalue weighted by Crippen LogP contribution is -2.12. The van der Waals surface area contributed by atoms with Crippen LogP contribution in [0.3, 0.4) is 0 Å². The predicted octanol–water partition coefficient (Wildman–Crippen LogP) is 2.86. The fourth-order valence-electron chi connectivity index (χ4n) is 1.62. The molecule has 0 amide bonds. The summed E-state index contributed by atoms with van der Waals surface area (Å²) in [4.78, 5) is 20.9. The van der Waals surface area contributed by atoms with Crippen LogP contribution in [0.15, 0.2) is 18.2 Å². The number of ether oxygens (including phenoxy) is 1. The van der Waals surface area contributed by atoms with Gasteiger partial charge in [0.1, 0.15) is 11.3 Å². The number of nitro groups is 1. The fourth-order valence-corrected chi connectivity index (χ4v) is 1.62. The summed E-state index contributed by atoms with van der Waals surface area (Å²) in [6, 6.07) is 3.75. The first-order chi connectivity index (χ1) is 8.45. The maximum absolute atomic E-state index is 10.9. The van der Waals surface area contributed by atoms with Gasteiger partial charge in [-0.25, -0.2) is 4.79 Å². The van der Waals surface area contributed by atoms with Crippen molar-refractivity contribution in [1.29, 1.82) is 0 Å². The summed E-state index contributed by atoms with van der Waals surface area (Å²) in [5.41, 5.74) is -0.792. The number of aromatic carboxylic acids is 1. The molecule has 0 fully saturated rings. The molecule has 0 heterocycles. The van der Waals surface area contributed by atoms with Gasteiger partial charge in [-0.1, -0.05) is 13.3 Å². The Bertz CT molecular complexity index is 458. The highest BCUT2D eigenvalue weighted by Crippen LogP contribution is 2.25. The van der Waals surface area contributed by atoms with Crippen molar-refractivity contribution in [2.24, 2.45) is 0 Å². The van der Waals surface area contributed by atoms with Crippen molar-refractivity contribution in [3.8, 4) is 5.75 Å². The van der Waals surface area contributed by atoms with Crippen LogP contribution in [0.4, 0.5) is 5.69 Å². The lowest BCUT2D eigenvalue weighted by atomic mass is 10.1. The summed E-state index contributed by atoms with van der Waals surface area (Å²) in [5, 5.41) is 19.6. The molecule has 0 aromatic heterocycles. The van der Waals surface area contributed by atoms with E-state index in [1.165, 1.54) is 12.1 Å². The van der Waals surface area contributed by atoms with E-state index in [9.17, 15) is 14.9 Å². The topological polar surface area (TPSA) is 89.7 Å². The zero-order valence-corrected chi connectivity index (χ0v) is 10.3. The second-order valence-electron chi connectivity index (χ2n) is 3.96. The third-order valence-electron chi connectivity index (χ3n) is 2.43. The van der Waals surface area contributed by atoms with Crippen LogP contribution >= 0.6 is 0 Å². The minimum absolute atomic E-state index is 0.0573. The average Bonchev–Trinajstić information content (AvgIpc) is 2.28. The SMILES string of the molecule is CCCC(C)Oc1ccc([N+](=O)[O-])c(C(=O)O)c1. The molecule has 0 saturated heterocycles. The van der Waals surface area contributed by atoms with Gasteiger partial charge in [0.25, 0.3) is 5.69 Å². The highest BCUT2D eigenvalue weighted by Gasteiger charge is 2.20. The monoisotopic (exact) mass is 253 g/mol. The van der Waals surface area contributed by atoms with Gasteiger partial charge in [-0.3, -0.25) is 10.1 Å². The Hall–Kier alpha value is -2.11. The number of benzene rings is 1. The van der Waals surface area contributed by atoms with E-state index in [0.717, 1.165) is 18.9 Å². The number of rotatable bonds is 6. The molecule has 1 N–H and O–H groups in total. The molecule has 18 heavy (non-hydrogen) atoms. The van der Waals surface area contributed by atoms with Crippen LogP contribution in [-0.4, -0.2) is 22.1 Å². The van der Waals surface area contributed by atoms with Crippen LogP contribution in [0.1, 0.15) is 37.0 Å². The summed E-state index contributed by atoms with van der Waals surface area (Å²) in [7, 11) is 0. The smallest absolute Gasteiger partial charge is 0.342 e. The first kappa shape index (κ1) is 14.0. The Labute approximate surface area is 104 Å². The quantitative estimate of drug-likeness (QED) is 0.621. The molecule has 6 heteroatoms. The highest BCUT2D eigenvalue weighted by molar-refractivity contribution is 5.92. The third kappa shape index (κ3) is 3.44. The predicted molar refractivity (Wildman–Crippen MR) is 65.1 cm³/mol. The Balaban J connectivity index is 3.00. The summed E-state index contributed by atoms with van der Waals surface area (Å²) in [6.07, 6.45) is 1.72. The van der Waals surface area contributed by atoms with Crippen molar-refractivity contribution in [3.05, 3.63) is 33.9 Å². The number of carboxylic acids is 1. The van der Waals surface area contributed by atoms with Crippen LogP contribution in [0, 0.1) is 10.1 Å². The van der Waals surface area contributed by atoms with Crippen LogP contribution in [0.5, 0.6) is 5.75 Å². The molecule has 1 rings (SSSR count). The zero-order chi connectivity index (χ0) is 13.7. The number of carboxylic acid groups (broad SMARTS) is 1. The first-order valence-corrected chi connectivity index (χ1v) is 5.64. The molecular weight excluding hydrogens is 238 g/mol. The molecule has 1 unspecified atom stereocenters. The van der Waals surface area contributed by atoms with Gasteiger partial charge >= 0.3 is 5.97 Å². The van der Waals surface area contributed by atoms with Crippen molar-refractivity contribution in [3.63, 3.8) is 0 Å². The summed E-state index contributed by atoms with van der Waals surface area (Å²) in [6.45, 7) is 3.88. The van der Waals surface area contributed by atoms with Crippen molar-refractivity contribution >= 4 is 11.7 Å². The molecule has 6 nitrogen and oxygen atoms in total. The van der Waals surface area contributed by atoms with Gasteiger partial charge in [0.2, 0.25) is 0 Å². The molecule has 1 atom stereocenters. The Morgan fingerprint density at radius 3 is 2.72 bits per heavy atom. The largest absolute Gasteiger partial charge is 0.491 e. The molecule has 1 aromatic rings. The summed E-state index contributed by atoms with van der Waals surface area (Å²) >= 11 is 0. The molecule has 0 aliphatic rings. The van der Waals surface area contributed by atoms with Crippen LogP contribution in [-0.2, 0) is 0 Å². The van der Waals surface area contributed by atoms with E-state index >= 15 is 0 Å². The number of carbonyl (C=O) groups is 1. The van der Waals surface area contributed by atoms with E-state index in [4.69, 9.17) is 9.84 Å². The molecule has 0 radical (unpaired) electrons. The van der Waals surface area contributed by atoms with E-state index in [1.54, 1.807) is 0 Å². The standard InChI is InChI=1S/C12H15NO5/c1-3-4-8(2)18-9-5-6-11(13(16)17)10(7-9)12(14)15/h5-8H,3-4H2,1-2H3,(H,14,15). The molecule has 98 valence electrons. The van der Waals surface area contributed by atoms with Gasteiger partial charge in [0.15, 0.2) is 0 Å². The molecule has 0 saturated carbocycles. The van der Waals surface area contributed by atoms with Crippen molar-refractivity contribution in [2.75, 3.05) is 0 Å². The van der Waals surface area contributed by atoms with Gasteiger partial charge in [-0.05, 0) is 19.4 Å². The zero-order valence-electron chi connectivity index (χ0n) is 10.3. The van der Waals surface area contributed by atoms with Crippen molar-refractivity contribution in [1.82, 2.24) is 0 Å². The van der Waals surface area contributed by atoms with E-state index in [0.29, 0.717) is 5.75 Å². The van der Waals surface area contributed by atoms with Gasteiger partial charge in [-0.2, -0.15) is 0 Å². The first-order valence-electron chi connectivity index (χ1n) is 5.64. The van der Waals surface area contributed by atoms with Crippen LogP contribution in [0.25, 0.3) is 0 Å². The Morgan fingerprint density at radius 2 is 2.22 bits per heavy atom. The lowest BCUT2D eigenvalue weighted by Gasteiger charge is -2.13. The summed E-state index contributed by atoms with van der Waals surface area (Å²) in [5.74, 6) is -1.01. The Morgan fingerprint density at radius 1 is 1.56 bits per heavy atom. The van der Waals surface area contributed by atoms with E-state index in [-0.39, 0.29) is 11.7 Å². The van der Waals surface area contributed by atoms with E-state index < -0.39 is 16.6 Å². The third-order valence-corrected chi connectivity index (χ3v) is 2.43. The summed E-state index contributed by atoms with van der Waals surface area (Å²) < 4.78 is 5.49. The molecular formula is C12H15NO5. The number of hydrogen-bond acceptors (Lipinski definition) is 4. The molecule has 0 bridgehead atoms. The maximum atomic E-state index is 10.9. The van der Waals surface area contributed by atoms with E-state index in [2.05, 4.69) is 0 Å². The van der Waals surface area contributed by atoms with Crippen molar-refractivity contribution < 1.29 is 19.6 Å². The lowest BCUT2D eigenvalue weighted by molar-refractivity contribution is -0.385. The Kier molecular flexibility index (Phi) is 4.65. The highest BCUT2D eigenvalue weighted by atomic mass is 16.6.